The Hall–Kier alpha value is -1.47. The van der Waals surface area contributed by atoms with Gasteiger partial charge in [0.15, 0.2) is 21.3 Å². The minimum Gasteiger partial charge on any atom is -0.489 e. The van der Waals surface area contributed by atoms with E-state index in [1.54, 1.807) is 6.07 Å². The molecule has 1 aromatic rings. The summed E-state index contributed by atoms with van der Waals surface area (Å²) < 4.78 is 35.6. The highest BCUT2D eigenvalue weighted by Crippen LogP contribution is 2.38. The zero-order chi connectivity index (χ0) is 16.3. The van der Waals surface area contributed by atoms with Crippen LogP contribution in [0.1, 0.15) is 18.9 Å². The molecule has 1 aliphatic rings. The highest BCUT2D eigenvalue weighted by atomic mass is 35.5. The summed E-state index contributed by atoms with van der Waals surface area (Å²) in [5, 5.41) is 1.51. The average molecular weight is 348 g/mol. The third kappa shape index (κ3) is 3.64. The number of rotatable bonds is 4. The fourth-order valence-electron chi connectivity index (χ4n) is 2.09. The molecule has 0 saturated heterocycles. The summed E-state index contributed by atoms with van der Waals surface area (Å²) in [6.45, 7) is 2.34. The Kier molecular flexibility index (Phi) is 5.18. The number of carbonyl (C=O) groups is 1. The van der Waals surface area contributed by atoms with E-state index >= 15 is 0 Å². The minimum absolute atomic E-state index is 0.294. The van der Waals surface area contributed by atoms with Crippen molar-refractivity contribution in [2.75, 3.05) is 20.3 Å². The van der Waals surface area contributed by atoms with E-state index in [-0.39, 0.29) is 5.75 Å². The number of carbonyl (C=O) groups excluding carboxylic acids is 1. The van der Waals surface area contributed by atoms with Gasteiger partial charge in [-0.3, -0.25) is 4.79 Å². The van der Waals surface area contributed by atoms with Crippen LogP contribution in [-0.2, 0) is 20.4 Å². The number of hydrogen-bond donors (Lipinski definition) is 1. The summed E-state index contributed by atoms with van der Waals surface area (Å²) >= 11 is 6.14. The summed E-state index contributed by atoms with van der Waals surface area (Å²) in [4.78, 5) is 11.5. The quantitative estimate of drug-likeness (QED) is 0.893. The van der Waals surface area contributed by atoms with Gasteiger partial charge in [0.2, 0.25) is 5.91 Å². The van der Waals surface area contributed by atoms with Crippen molar-refractivity contribution in [1.82, 2.24) is 5.32 Å². The molecule has 2 rings (SSSR count). The van der Waals surface area contributed by atoms with Gasteiger partial charge < -0.3 is 14.8 Å². The lowest BCUT2D eigenvalue weighted by Crippen LogP contribution is -2.36. The van der Waals surface area contributed by atoms with Gasteiger partial charge in [0.1, 0.15) is 5.25 Å². The number of sulfone groups is 1. The molecule has 22 heavy (non-hydrogen) atoms. The number of halogens is 1. The van der Waals surface area contributed by atoms with Crippen molar-refractivity contribution < 1.29 is 22.7 Å². The number of fused-ring (bicyclic) bond motifs is 1. The molecule has 0 aromatic heterocycles. The number of hydrogen-bond acceptors (Lipinski definition) is 5. The van der Waals surface area contributed by atoms with E-state index in [0.29, 0.717) is 35.3 Å². The van der Waals surface area contributed by atoms with E-state index in [9.17, 15) is 13.2 Å². The van der Waals surface area contributed by atoms with Crippen molar-refractivity contribution in [3.05, 3.63) is 22.7 Å². The van der Waals surface area contributed by atoms with Gasteiger partial charge in [-0.15, -0.1) is 0 Å². The van der Waals surface area contributed by atoms with Crippen LogP contribution in [0, 0.1) is 0 Å². The number of ether oxygens (including phenoxy) is 2. The van der Waals surface area contributed by atoms with Crippen LogP contribution in [0.3, 0.4) is 0 Å². The highest BCUT2D eigenvalue weighted by molar-refractivity contribution is 7.92. The molecule has 8 heteroatoms. The summed E-state index contributed by atoms with van der Waals surface area (Å²) in [6.07, 6.45) is 0.729. The lowest BCUT2D eigenvalue weighted by Gasteiger charge is -2.14. The Morgan fingerprint density at radius 1 is 1.36 bits per heavy atom. The lowest BCUT2D eigenvalue weighted by molar-refractivity contribution is -0.119. The molecule has 1 atom stereocenters. The van der Waals surface area contributed by atoms with Crippen LogP contribution in [0.25, 0.3) is 0 Å². The molecular formula is C14H18ClNO5S. The molecule has 0 aliphatic carbocycles. The fourth-order valence-corrected chi connectivity index (χ4v) is 3.70. The SMILES string of the molecule is CNC(=O)[C@H](C)S(=O)(=O)Cc1cc(Cl)c2c(c1)OCCCO2. The van der Waals surface area contributed by atoms with E-state index < -0.39 is 21.0 Å². The average Bonchev–Trinajstić information content (AvgIpc) is 2.70. The van der Waals surface area contributed by atoms with Crippen molar-refractivity contribution in [2.24, 2.45) is 0 Å². The predicted octanol–water partition coefficient (Wildman–Crippen LogP) is 1.55. The first kappa shape index (κ1) is 16.9. The smallest absolute Gasteiger partial charge is 0.237 e. The standard InChI is InChI=1S/C14H18ClNO5S/c1-9(14(17)16-2)22(18,19)8-10-6-11(15)13-12(7-10)20-4-3-5-21-13/h6-7,9H,3-5,8H2,1-2H3,(H,16,17)/t9-/m0/s1. The van der Waals surface area contributed by atoms with E-state index in [1.807, 2.05) is 0 Å². The first-order valence-electron chi connectivity index (χ1n) is 6.86. The van der Waals surface area contributed by atoms with Crippen molar-refractivity contribution in [1.29, 1.82) is 0 Å². The third-order valence-electron chi connectivity index (χ3n) is 3.38. The Bertz CT molecular complexity index is 674. The number of amides is 1. The summed E-state index contributed by atoms with van der Waals surface area (Å²) in [7, 11) is -2.24. The molecule has 1 aromatic carbocycles. The Morgan fingerprint density at radius 3 is 2.73 bits per heavy atom. The van der Waals surface area contributed by atoms with Crippen LogP contribution in [0.4, 0.5) is 0 Å². The maximum Gasteiger partial charge on any atom is 0.237 e. The van der Waals surface area contributed by atoms with E-state index in [2.05, 4.69) is 5.32 Å². The molecule has 1 amide bonds. The highest BCUT2D eigenvalue weighted by Gasteiger charge is 2.28. The Balaban J connectivity index is 2.29. The maximum absolute atomic E-state index is 12.3. The van der Waals surface area contributed by atoms with Crippen molar-refractivity contribution in [2.45, 2.75) is 24.3 Å². The fraction of sp³-hybridized carbons (Fsp3) is 0.500. The lowest BCUT2D eigenvalue weighted by atomic mass is 10.2. The van der Waals surface area contributed by atoms with Gasteiger partial charge in [0.25, 0.3) is 0 Å². The van der Waals surface area contributed by atoms with Crippen molar-refractivity contribution in [3.63, 3.8) is 0 Å². The monoisotopic (exact) mass is 347 g/mol. The maximum atomic E-state index is 12.3. The zero-order valence-corrected chi connectivity index (χ0v) is 14.0. The van der Waals surface area contributed by atoms with Gasteiger partial charge in [-0.05, 0) is 24.6 Å². The summed E-state index contributed by atoms with van der Waals surface area (Å²) in [6, 6.07) is 3.13. The molecule has 6 nitrogen and oxygen atoms in total. The van der Waals surface area contributed by atoms with E-state index in [0.717, 1.165) is 6.42 Å². The van der Waals surface area contributed by atoms with Crippen molar-refractivity contribution in [3.8, 4) is 11.5 Å². The second-order valence-corrected chi connectivity index (χ2v) is 7.75. The molecule has 1 heterocycles. The van der Waals surface area contributed by atoms with Gasteiger partial charge in [0, 0.05) is 13.5 Å². The minimum atomic E-state index is -3.64. The molecule has 122 valence electrons. The first-order chi connectivity index (χ1) is 10.3. The molecular weight excluding hydrogens is 330 g/mol. The zero-order valence-electron chi connectivity index (χ0n) is 12.4. The molecule has 1 aliphatic heterocycles. The third-order valence-corrected chi connectivity index (χ3v) is 5.69. The van der Waals surface area contributed by atoms with Gasteiger partial charge in [0.05, 0.1) is 24.0 Å². The number of benzene rings is 1. The second-order valence-electron chi connectivity index (χ2n) is 5.02. The summed E-state index contributed by atoms with van der Waals surface area (Å²) in [5.41, 5.74) is 0.463. The molecule has 0 bridgehead atoms. The predicted molar refractivity (Wildman–Crippen MR) is 83.2 cm³/mol. The molecule has 0 spiro atoms. The van der Waals surface area contributed by atoms with Crippen LogP contribution >= 0.6 is 11.6 Å². The van der Waals surface area contributed by atoms with E-state index in [1.165, 1.54) is 20.0 Å². The van der Waals surface area contributed by atoms with Crippen LogP contribution in [0.2, 0.25) is 5.02 Å². The van der Waals surface area contributed by atoms with Gasteiger partial charge in [-0.25, -0.2) is 8.42 Å². The molecule has 0 fully saturated rings. The van der Waals surface area contributed by atoms with Crippen LogP contribution < -0.4 is 14.8 Å². The Morgan fingerprint density at radius 2 is 2.05 bits per heavy atom. The van der Waals surface area contributed by atoms with Crippen LogP contribution in [0.5, 0.6) is 11.5 Å². The second kappa shape index (κ2) is 6.75. The topological polar surface area (TPSA) is 81.7 Å². The summed E-state index contributed by atoms with van der Waals surface area (Å²) in [5.74, 6) is 0.0284. The molecule has 0 saturated carbocycles. The van der Waals surface area contributed by atoms with Crippen LogP contribution in [-0.4, -0.2) is 39.8 Å². The Labute approximate surface area is 134 Å². The first-order valence-corrected chi connectivity index (χ1v) is 8.95. The van der Waals surface area contributed by atoms with Crippen molar-refractivity contribution >= 4 is 27.3 Å². The normalized spacial score (nSPS) is 15.8. The van der Waals surface area contributed by atoms with E-state index in [4.69, 9.17) is 21.1 Å². The number of nitrogens with one attached hydrogen (secondary N) is 1. The van der Waals surface area contributed by atoms with Gasteiger partial charge in [-0.2, -0.15) is 0 Å². The molecule has 0 unspecified atom stereocenters. The molecule has 0 radical (unpaired) electrons. The van der Waals surface area contributed by atoms with Gasteiger partial charge >= 0.3 is 0 Å². The largest absolute Gasteiger partial charge is 0.489 e. The van der Waals surface area contributed by atoms with Crippen LogP contribution in [0.15, 0.2) is 12.1 Å². The molecule has 1 N–H and O–H groups in total. The van der Waals surface area contributed by atoms with Gasteiger partial charge in [-0.1, -0.05) is 11.6 Å².